The van der Waals surface area contributed by atoms with E-state index in [-0.39, 0.29) is 5.91 Å². The van der Waals surface area contributed by atoms with Gasteiger partial charge in [0.05, 0.1) is 5.92 Å². The van der Waals surface area contributed by atoms with Crippen molar-refractivity contribution in [3.63, 3.8) is 0 Å². The average Bonchev–Trinajstić information content (AvgIpc) is 2.36. The summed E-state index contributed by atoms with van der Waals surface area (Å²) in [7, 11) is 3.95. The van der Waals surface area contributed by atoms with E-state index >= 15 is 0 Å². The van der Waals surface area contributed by atoms with E-state index in [0.29, 0.717) is 5.69 Å². The molecule has 0 saturated carbocycles. The van der Waals surface area contributed by atoms with Crippen molar-refractivity contribution in [1.82, 2.24) is 4.90 Å². The lowest BCUT2D eigenvalue weighted by atomic mass is 9.95. The van der Waals surface area contributed by atoms with Crippen molar-refractivity contribution in [3.8, 4) is 0 Å². The molecule has 2 atom stereocenters. The summed E-state index contributed by atoms with van der Waals surface area (Å²) in [6, 6.07) is 7.56. The third-order valence-electron chi connectivity index (χ3n) is 3.25. The number of rotatable bonds is 6. The summed E-state index contributed by atoms with van der Waals surface area (Å²) in [5, 5.41) is 11.7. The highest BCUT2D eigenvalue weighted by Crippen LogP contribution is 2.16. The predicted octanol–water partition coefficient (Wildman–Crippen LogP) is 2.04. The molecule has 2 N–H and O–H groups in total. The van der Waals surface area contributed by atoms with Crippen molar-refractivity contribution in [2.45, 2.75) is 20.4 Å². The lowest BCUT2D eigenvalue weighted by Crippen LogP contribution is -2.30. The summed E-state index contributed by atoms with van der Waals surface area (Å²) in [5.74, 6) is -2.53. The van der Waals surface area contributed by atoms with E-state index in [1.54, 1.807) is 13.0 Å². The highest BCUT2D eigenvalue weighted by Gasteiger charge is 2.25. The van der Waals surface area contributed by atoms with Gasteiger partial charge in [-0.3, -0.25) is 9.59 Å². The lowest BCUT2D eigenvalue weighted by Gasteiger charge is -2.16. The summed E-state index contributed by atoms with van der Waals surface area (Å²) in [4.78, 5) is 24.9. The van der Waals surface area contributed by atoms with E-state index in [1.165, 1.54) is 6.92 Å². The Morgan fingerprint density at radius 2 is 1.90 bits per heavy atom. The summed E-state index contributed by atoms with van der Waals surface area (Å²) in [6.07, 6.45) is 0. The van der Waals surface area contributed by atoms with Crippen LogP contribution in [0.2, 0.25) is 0 Å². The number of amides is 1. The number of hydrogen-bond acceptors (Lipinski definition) is 3. The molecule has 2 unspecified atom stereocenters. The van der Waals surface area contributed by atoms with Crippen LogP contribution in [-0.4, -0.2) is 36.0 Å². The Kier molecular flexibility index (Phi) is 5.70. The maximum Gasteiger partial charge on any atom is 0.307 e. The molecule has 0 aliphatic carbocycles. The van der Waals surface area contributed by atoms with Gasteiger partial charge in [-0.05, 0) is 31.8 Å². The van der Waals surface area contributed by atoms with E-state index in [4.69, 9.17) is 5.11 Å². The van der Waals surface area contributed by atoms with Crippen LogP contribution in [0.1, 0.15) is 19.4 Å². The molecule has 0 radical (unpaired) electrons. The molecular formula is C15H22N2O3. The maximum absolute atomic E-state index is 12.0. The third kappa shape index (κ3) is 4.66. The van der Waals surface area contributed by atoms with Crippen LogP contribution in [0.5, 0.6) is 0 Å². The maximum atomic E-state index is 12.0. The summed E-state index contributed by atoms with van der Waals surface area (Å²) in [6.45, 7) is 3.94. The van der Waals surface area contributed by atoms with E-state index in [0.717, 1.165) is 12.1 Å². The van der Waals surface area contributed by atoms with Crippen molar-refractivity contribution in [1.29, 1.82) is 0 Å². The summed E-state index contributed by atoms with van der Waals surface area (Å²) >= 11 is 0. The first-order valence-corrected chi connectivity index (χ1v) is 6.58. The zero-order valence-electron chi connectivity index (χ0n) is 12.4. The number of nitrogens with one attached hydrogen (secondary N) is 1. The highest BCUT2D eigenvalue weighted by atomic mass is 16.4. The fourth-order valence-corrected chi connectivity index (χ4v) is 1.81. The summed E-state index contributed by atoms with van der Waals surface area (Å²) in [5.41, 5.74) is 1.78. The molecule has 110 valence electrons. The van der Waals surface area contributed by atoms with Crippen LogP contribution < -0.4 is 5.32 Å². The van der Waals surface area contributed by atoms with Crippen LogP contribution in [0.4, 0.5) is 5.69 Å². The van der Waals surface area contributed by atoms with Gasteiger partial charge in [0, 0.05) is 18.2 Å². The number of hydrogen-bond donors (Lipinski definition) is 2. The minimum Gasteiger partial charge on any atom is -0.481 e. The molecule has 0 fully saturated rings. The third-order valence-corrected chi connectivity index (χ3v) is 3.25. The number of anilines is 1. The van der Waals surface area contributed by atoms with Crippen molar-refractivity contribution >= 4 is 17.6 Å². The standard InChI is InChI=1S/C15H22N2O3/c1-10(11(2)15(19)20)14(18)16-13-7-5-6-12(8-13)9-17(3)4/h5-8,10-11H,9H2,1-4H3,(H,16,18)(H,19,20). The highest BCUT2D eigenvalue weighted by molar-refractivity contribution is 5.94. The van der Waals surface area contributed by atoms with Crippen LogP contribution in [0, 0.1) is 11.8 Å². The Morgan fingerprint density at radius 1 is 1.25 bits per heavy atom. The van der Waals surface area contributed by atoms with E-state index in [2.05, 4.69) is 5.32 Å². The van der Waals surface area contributed by atoms with Gasteiger partial charge in [-0.1, -0.05) is 26.0 Å². The largest absolute Gasteiger partial charge is 0.481 e. The molecule has 0 aliphatic heterocycles. The number of carbonyl (C=O) groups is 2. The van der Waals surface area contributed by atoms with Gasteiger partial charge < -0.3 is 15.3 Å². The molecule has 0 aromatic heterocycles. The molecule has 5 heteroatoms. The molecule has 20 heavy (non-hydrogen) atoms. The van der Waals surface area contributed by atoms with Crippen molar-refractivity contribution in [2.75, 3.05) is 19.4 Å². The zero-order chi connectivity index (χ0) is 15.3. The minimum absolute atomic E-state index is 0.276. The molecule has 0 heterocycles. The molecule has 0 saturated heterocycles. The first-order valence-electron chi connectivity index (χ1n) is 6.58. The van der Waals surface area contributed by atoms with Crippen LogP contribution in [0.15, 0.2) is 24.3 Å². The summed E-state index contributed by atoms with van der Waals surface area (Å²) < 4.78 is 0. The topological polar surface area (TPSA) is 69.6 Å². The van der Waals surface area contributed by atoms with E-state index < -0.39 is 17.8 Å². The van der Waals surface area contributed by atoms with E-state index in [1.807, 2.05) is 37.2 Å². The number of carboxylic acids is 1. The van der Waals surface area contributed by atoms with Crippen molar-refractivity contribution < 1.29 is 14.7 Å². The van der Waals surface area contributed by atoms with E-state index in [9.17, 15) is 9.59 Å². The Morgan fingerprint density at radius 3 is 2.45 bits per heavy atom. The molecule has 1 rings (SSSR count). The van der Waals surface area contributed by atoms with Crippen LogP contribution in [0.3, 0.4) is 0 Å². The van der Waals surface area contributed by atoms with Crippen molar-refractivity contribution in [2.24, 2.45) is 11.8 Å². The second kappa shape index (κ2) is 7.05. The molecule has 0 spiro atoms. The predicted molar refractivity (Wildman–Crippen MR) is 78.4 cm³/mol. The van der Waals surface area contributed by atoms with Gasteiger partial charge in [0.15, 0.2) is 0 Å². The molecule has 1 aromatic carbocycles. The van der Waals surface area contributed by atoms with Gasteiger partial charge in [0.2, 0.25) is 5.91 Å². The SMILES string of the molecule is CC(C(=O)O)C(C)C(=O)Nc1cccc(CN(C)C)c1. The van der Waals surface area contributed by atoms with Crippen LogP contribution >= 0.6 is 0 Å². The zero-order valence-corrected chi connectivity index (χ0v) is 12.4. The first kappa shape index (κ1) is 16.2. The fraction of sp³-hybridized carbons (Fsp3) is 0.467. The number of carbonyl (C=O) groups excluding carboxylic acids is 1. The fourth-order valence-electron chi connectivity index (χ4n) is 1.81. The Labute approximate surface area is 119 Å². The Bertz CT molecular complexity index is 486. The quantitative estimate of drug-likeness (QED) is 0.835. The molecular weight excluding hydrogens is 256 g/mol. The molecule has 0 aliphatic rings. The normalized spacial score (nSPS) is 13.8. The number of carboxylic acid groups (broad SMARTS) is 1. The van der Waals surface area contributed by atoms with Crippen LogP contribution in [-0.2, 0) is 16.1 Å². The first-order chi connectivity index (χ1) is 9.31. The van der Waals surface area contributed by atoms with Gasteiger partial charge in [0.1, 0.15) is 0 Å². The van der Waals surface area contributed by atoms with Gasteiger partial charge in [-0.2, -0.15) is 0 Å². The molecule has 0 bridgehead atoms. The number of aliphatic carboxylic acids is 1. The van der Waals surface area contributed by atoms with Crippen molar-refractivity contribution in [3.05, 3.63) is 29.8 Å². The lowest BCUT2D eigenvalue weighted by molar-refractivity contribution is -0.145. The van der Waals surface area contributed by atoms with Gasteiger partial charge >= 0.3 is 5.97 Å². The smallest absolute Gasteiger partial charge is 0.307 e. The number of benzene rings is 1. The Hall–Kier alpha value is -1.88. The second-order valence-electron chi connectivity index (χ2n) is 5.34. The minimum atomic E-state index is -0.964. The monoisotopic (exact) mass is 278 g/mol. The van der Waals surface area contributed by atoms with Crippen LogP contribution in [0.25, 0.3) is 0 Å². The molecule has 1 amide bonds. The van der Waals surface area contributed by atoms with Gasteiger partial charge in [-0.15, -0.1) is 0 Å². The molecule has 1 aromatic rings. The van der Waals surface area contributed by atoms with Gasteiger partial charge in [-0.25, -0.2) is 0 Å². The average molecular weight is 278 g/mol. The van der Waals surface area contributed by atoms with Gasteiger partial charge in [0.25, 0.3) is 0 Å². The number of nitrogens with zero attached hydrogens (tertiary/aromatic N) is 1. The molecule has 5 nitrogen and oxygen atoms in total. The Balaban J connectivity index is 2.73. The second-order valence-corrected chi connectivity index (χ2v) is 5.34.